The third-order valence-corrected chi connectivity index (χ3v) is 2.16. The first-order valence-electron chi connectivity index (χ1n) is 4.15. The molecule has 0 saturated carbocycles. The molecule has 1 aliphatic rings. The van der Waals surface area contributed by atoms with E-state index in [0.717, 1.165) is 12.1 Å². The zero-order valence-corrected chi connectivity index (χ0v) is 7.41. The highest BCUT2D eigenvalue weighted by molar-refractivity contribution is 5.52. The third kappa shape index (κ3) is 1.24. The summed E-state index contributed by atoms with van der Waals surface area (Å²) in [5.74, 6) is 0. The molecule has 1 heterocycles. The molecule has 12 heavy (non-hydrogen) atoms. The lowest BCUT2D eigenvalue weighted by Gasteiger charge is -2.24. The smallest absolute Gasteiger partial charge is 0.116 e. The summed E-state index contributed by atoms with van der Waals surface area (Å²) in [4.78, 5) is 8.21. The summed E-state index contributed by atoms with van der Waals surface area (Å²) in [6.07, 6.45) is 8.84. The zero-order valence-electron chi connectivity index (χ0n) is 7.41. The van der Waals surface area contributed by atoms with Crippen molar-refractivity contribution in [1.29, 1.82) is 0 Å². The predicted octanol–water partition coefficient (Wildman–Crippen LogP) is 2.07. The molecule has 2 nitrogen and oxygen atoms in total. The highest BCUT2D eigenvalue weighted by atomic mass is 14.8. The first kappa shape index (κ1) is 7.47. The van der Waals surface area contributed by atoms with E-state index >= 15 is 0 Å². The Balaban J connectivity index is 2.46. The summed E-state index contributed by atoms with van der Waals surface area (Å²) in [6.45, 7) is 4.44. The van der Waals surface area contributed by atoms with Gasteiger partial charge in [0.15, 0.2) is 0 Å². The van der Waals surface area contributed by atoms with Gasteiger partial charge in [-0.2, -0.15) is 0 Å². The molecule has 0 atom stereocenters. The largest absolute Gasteiger partial charge is 0.244 e. The molecule has 0 bridgehead atoms. The van der Waals surface area contributed by atoms with Gasteiger partial charge in [0, 0.05) is 6.20 Å². The number of hydrogen-bond donors (Lipinski definition) is 0. The van der Waals surface area contributed by atoms with Crippen molar-refractivity contribution < 1.29 is 0 Å². The van der Waals surface area contributed by atoms with Gasteiger partial charge in [0.05, 0.1) is 5.69 Å². The van der Waals surface area contributed by atoms with Gasteiger partial charge < -0.3 is 0 Å². The summed E-state index contributed by atoms with van der Waals surface area (Å²) in [5, 5.41) is 0. The molecule has 1 aromatic heterocycles. The van der Waals surface area contributed by atoms with Crippen LogP contribution in [0.25, 0.3) is 6.08 Å². The fourth-order valence-electron chi connectivity index (χ4n) is 1.51. The first-order valence-corrected chi connectivity index (χ1v) is 4.15. The van der Waals surface area contributed by atoms with Crippen molar-refractivity contribution in [1.82, 2.24) is 9.97 Å². The Kier molecular flexibility index (Phi) is 1.50. The van der Waals surface area contributed by atoms with Crippen molar-refractivity contribution in [3.05, 3.63) is 29.9 Å². The maximum Gasteiger partial charge on any atom is 0.116 e. The Morgan fingerprint density at radius 2 is 2.25 bits per heavy atom. The second-order valence-corrected chi connectivity index (χ2v) is 3.93. The van der Waals surface area contributed by atoms with E-state index in [-0.39, 0.29) is 5.41 Å². The minimum absolute atomic E-state index is 0.262. The van der Waals surface area contributed by atoms with E-state index in [4.69, 9.17) is 0 Å². The number of fused-ring (bicyclic) bond motifs is 1. The van der Waals surface area contributed by atoms with E-state index in [9.17, 15) is 0 Å². The molecule has 0 aliphatic heterocycles. The van der Waals surface area contributed by atoms with Gasteiger partial charge in [-0.15, -0.1) is 0 Å². The molecule has 0 unspecified atom stereocenters. The van der Waals surface area contributed by atoms with Crippen molar-refractivity contribution in [2.24, 2.45) is 5.41 Å². The highest BCUT2D eigenvalue weighted by Gasteiger charge is 2.20. The van der Waals surface area contributed by atoms with Gasteiger partial charge in [0.25, 0.3) is 0 Å². The van der Waals surface area contributed by atoms with E-state index < -0.39 is 0 Å². The molecule has 0 amide bonds. The fraction of sp³-hybridized carbons (Fsp3) is 0.400. The lowest BCUT2D eigenvalue weighted by Crippen LogP contribution is -2.16. The summed E-state index contributed by atoms with van der Waals surface area (Å²) >= 11 is 0. The predicted molar refractivity (Wildman–Crippen MR) is 48.6 cm³/mol. The average Bonchev–Trinajstić information content (AvgIpc) is 2.02. The molecule has 0 N–H and O–H groups in total. The van der Waals surface area contributed by atoms with Crippen LogP contribution in [0, 0.1) is 5.41 Å². The summed E-state index contributed by atoms with van der Waals surface area (Å²) in [6, 6.07) is 0. The first-order chi connectivity index (χ1) is 5.67. The molecule has 0 saturated heterocycles. The number of aromatic nitrogens is 2. The van der Waals surface area contributed by atoms with Crippen LogP contribution in [0.1, 0.15) is 25.1 Å². The van der Waals surface area contributed by atoms with Crippen molar-refractivity contribution in [2.75, 3.05) is 0 Å². The van der Waals surface area contributed by atoms with Crippen LogP contribution in [-0.2, 0) is 6.42 Å². The summed E-state index contributed by atoms with van der Waals surface area (Å²) in [7, 11) is 0. The van der Waals surface area contributed by atoms with Crippen molar-refractivity contribution in [3.8, 4) is 0 Å². The maximum absolute atomic E-state index is 4.19. The summed E-state index contributed by atoms with van der Waals surface area (Å²) < 4.78 is 0. The van der Waals surface area contributed by atoms with Gasteiger partial charge in [-0.1, -0.05) is 19.9 Å². The van der Waals surface area contributed by atoms with Crippen LogP contribution in [0.3, 0.4) is 0 Å². The van der Waals surface area contributed by atoms with Crippen LogP contribution in [0.15, 0.2) is 18.6 Å². The second kappa shape index (κ2) is 2.41. The van der Waals surface area contributed by atoms with E-state index in [1.807, 2.05) is 6.20 Å². The molecular weight excluding hydrogens is 148 g/mol. The SMILES string of the molecule is CC1(C)C=Cc2ncncc2C1. The normalized spacial score (nSPS) is 18.8. The molecule has 0 fully saturated rings. The highest BCUT2D eigenvalue weighted by Crippen LogP contribution is 2.29. The molecular formula is C10H12N2. The van der Waals surface area contributed by atoms with Crippen LogP contribution < -0.4 is 0 Å². The Bertz CT molecular complexity index is 326. The minimum atomic E-state index is 0.262. The quantitative estimate of drug-likeness (QED) is 0.580. The average molecular weight is 160 g/mol. The number of allylic oxidation sites excluding steroid dienone is 1. The van der Waals surface area contributed by atoms with Crippen LogP contribution in [-0.4, -0.2) is 9.97 Å². The Hall–Kier alpha value is -1.18. The monoisotopic (exact) mass is 160 g/mol. The van der Waals surface area contributed by atoms with Gasteiger partial charge in [-0.05, 0) is 23.5 Å². The number of rotatable bonds is 0. The third-order valence-electron chi connectivity index (χ3n) is 2.16. The minimum Gasteiger partial charge on any atom is -0.244 e. The van der Waals surface area contributed by atoms with Crippen LogP contribution in [0.4, 0.5) is 0 Å². The van der Waals surface area contributed by atoms with E-state index in [1.165, 1.54) is 5.56 Å². The van der Waals surface area contributed by atoms with E-state index in [2.05, 4.69) is 36.0 Å². The molecule has 0 aromatic carbocycles. The lowest BCUT2D eigenvalue weighted by atomic mass is 9.82. The van der Waals surface area contributed by atoms with Gasteiger partial charge in [0.2, 0.25) is 0 Å². The van der Waals surface area contributed by atoms with Crippen LogP contribution >= 0.6 is 0 Å². The van der Waals surface area contributed by atoms with Gasteiger partial charge in [0.1, 0.15) is 6.33 Å². The van der Waals surface area contributed by atoms with Crippen LogP contribution in [0.2, 0.25) is 0 Å². The molecule has 2 rings (SSSR count). The summed E-state index contributed by atoms with van der Waals surface area (Å²) in [5.41, 5.74) is 2.59. The molecule has 62 valence electrons. The van der Waals surface area contributed by atoms with Gasteiger partial charge in [-0.3, -0.25) is 0 Å². The second-order valence-electron chi connectivity index (χ2n) is 3.93. The van der Waals surface area contributed by atoms with Crippen molar-refractivity contribution in [3.63, 3.8) is 0 Å². The lowest BCUT2D eigenvalue weighted by molar-refractivity contribution is 0.472. The molecule has 0 radical (unpaired) electrons. The van der Waals surface area contributed by atoms with Gasteiger partial charge in [-0.25, -0.2) is 9.97 Å². The van der Waals surface area contributed by atoms with E-state index in [0.29, 0.717) is 0 Å². The molecule has 1 aliphatic carbocycles. The topological polar surface area (TPSA) is 25.8 Å². The molecule has 1 aromatic rings. The standard InChI is InChI=1S/C10H12N2/c1-10(2)4-3-9-8(5-10)6-11-7-12-9/h3-4,6-7H,5H2,1-2H3. The van der Waals surface area contributed by atoms with Crippen molar-refractivity contribution >= 4 is 6.08 Å². The Morgan fingerprint density at radius 3 is 3.08 bits per heavy atom. The molecule has 2 heteroatoms. The Morgan fingerprint density at radius 1 is 1.42 bits per heavy atom. The number of hydrogen-bond acceptors (Lipinski definition) is 2. The maximum atomic E-state index is 4.19. The fourth-order valence-corrected chi connectivity index (χ4v) is 1.51. The van der Waals surface area contributed by atoms with Crippen LogP contribution in [0.5, 0.6) is 0 Å². The van der Waals surface area contributed by atoms with Crippen molar-refractivity contribution in [2.45, 2.75) is 20.3 Å². The number of nitrogens with zero attached hydrogens (tertiary/aromatic N) is 2. The van der Waals surface area contributed by atoms with E-state index in [1.54, 1.807) is 6.33 Å². The zero-order chi connectivity index (χ0) is 8.60. The van der Waals surface area contributed by atoms with Gasteiger partial charge >= 0.3 is 0 Å². The Labute approximate surface area is 72.4 Å². The molecule has 0 spiro atoms.